The lowest BCUT2D eigenvalue weighted by Gasteiger charge is -2.28. The Kier molecular flexibility index (Phi) is 8.93. The Morgan fingerprint density at radius 3 is 2.53 bits per heavy atom. The summed E-state index contributed by atoms with van der Waals surface area (Å²) in [7, 11) is 0. The Morgan fingerprint density at radius 1 is 1.03 bits per heavy atom. The number of rotatable bonds is 5. The van der Waals surface area contributed by atoms with E-state index >= 15 is 0 Å². The van der Waals surface area contributed by atoms with Gasteiger partial charge in [-0.05, 0) is 41.4 Å². The molecular weight excluding hydrogens is 502 g/mol. The highest BCUT2D eigenvalue weighted by Gasteiger charge is 2.20. The first-order chi connectivity index (χ1) is 18.7. The molecule has 38 heavy (non-hydrogen) atoms. The molecule has 0 bridgehead atoms. The van der Waals surface area contributed by atoms with Crippen LogP contribution in [0.15, 0.2) is 61.2 Å². The predicted octanol–water partition coefficient (Wildman–Crippen LogP) is 6.28. The van der Waals surface area contributed by atoms with Gasteiger partial charge in [0.1, 0.15) is 11.5 Å². The monoisotopic (exact) mass is 533 g/mol. The summed E-state index contributed by atoms with van der Waals surface area (Å²) in [5.41, 5.74) is 5.05. The maximum absolute atomic E-state index is 12.5. The Hall–Kier alpha value is -3.95. The van der Waals surface area contributed by atoms with Crippen molar-refractivity contribution in [3.63, 3.8) is 0 Å². The Balaban J connectivity index is 0.000000804. The molecule has 9 nitrogen and oxygen atoms in total. The smallest absolute Gasteiger partial charge is 0.269 e. The number of carbonyl (C=O) groups is 1. The average Bonchev–Trinajstić information content (AvgIpc) is 3.65. The molecule has 0 amide bonds. The lowest BCUT2D eigenvalue weighted by Crippen LogP contribution is -2.36. The lowest BCUT2D eigenvalue weighted by molar-refractivity contribution is 0.107. The molecular formula is C28H32ClN7O2. The van der Waals surface area contributed by atoms with E-state index in [1.807, 2.05) is 70.3 Å². The van der Waals surface area contributed by atoms with Crippen molar-refractivity contribution in [3.8, 4) is 11.1 Å². The fourth-order valence-corrected chi connectivity index (χ4v) is 4.51. The summed E-state index contributed by atoms with van der Waals surface area (Å²) in [5.74, 6) is 0.668. The van der Waals surface area contributed by atoms with Crippen molar-refractivity contribution in [3.05, 3.63) is 66.9 Å². The highest BCUT2D eigenvalue weighted by molar-refractivity contribution is 6.68. The maximum Gasteiger partial charge on any atom is 0.269 e. The van der Waals surface area contributed by atoms with Crippen LogP contribution >= 0.6 is 11.6 Å². The highest BCUT2D eigenvalue weighted by atomic mass is 35.5. The minimum absolute atomic E-state index is 0.342. The number of anilines is 3. The van der Waals surface area contributed by atoms with Crippen LogP contribution in [0, 0.1) is 0 Å². The van der Waals surface area contributed by atoms with E-state index in [1.165, 1.54) is 0 Å². The fraction of sp³-hybridized carbons (Fsp3) is 0.286. The van der Waals surface area contributed by atoms with Crippen LogP contribution in [-0.2, 0) is 4.74 Å². The third kappa shape index (κ3) is 5.49. The summed E-state index contributed by atoms with van der Waals surface area (Å²) in [6.45, 7) is 11.1. The second-order valence-corrected chi connectivity index (χ2v) is 8.36. The Bertz CT molecular complexity index is 1510. The van der Waals surface area contributed by atoms with Gasteiger partial charge in [-0.25, -0.2) is 9.97 Å². The second kappa shape index (κ2) is 12.5. The number of aromatic nitrogens is 5. The predicted molar refractivity (Wildman–Crippen MR) is 154 cm³/mol. The van der Waals surface area contributed by atoms with E-state index in [2.05, 4.69) is 30.4 Å². The summed E-state index contributed by atoms with van der Waals surface area (Å²) in [4.78, 5) is 23.8. The van der Waals surface area contributed by atoms with Crippen LogP contribution in [0.3, 0.4) is 0 Å². The highest BCUT2D eigenvalue weighted by Crippen LogP contribution is 2.33. The van der Waals surface area contributed by atoms with Crippen molar-refractivity contribution < 1.29 is 9.53 Å². The van der Waals surface area contributed by atoms with Gasteiger partial charge in [-0.15, -0.1) is 0 Å². The Morgan fingerprint density at radius 2 is 1.82 bits per heavy atom. The number of hydrogen-bond donors (Lipinski definition) is 2. The largest absolute Gasteiger partial charge is 0.378 e. The van der Waals surface area contributed by atoms with Crippen molar-refractivity contribution in [2.75, 3.05) is 36.5 Å². The van der Waals surface area contributed by atoms with Crippen molar-refractivity contribution in [2.45, 2.75) is 27.7 Å². The lowest BCUT2D eigenvalue weighted by atomic mass is 10.0. The van der Waals surface area contributed by atoms with Gasteiger partial charge in [-0.2, -0.15) is 5.10 Å². The summed E-state index contributed by atoms with van der Waals surface area (Å²) in [6, 6.07) is 11.7. The van der Waals surface area contributed by atoms with E-state index in [0.717, 1.165) is 48.5 Å². The van der Waals surface area contributed by atoms with Gasteiger partial charge < -0.3 is 15.0 Å². The molecule has 1 aliphatic heterocycles. The number of benzene rings is 1. The molecule has 0 atom stereocenters. The van der Waals surface area contributed by atoms with Gasteiger partial charge in [0.15, 0.2) is 5.65 Å². The van der Waals surface area contributed by atoms with Crippen LogP contribution in [0.25, 0.3) is 27.7 Å². The normalized spacial score (nSPS) is 12.9. The van der Waals surface area contributed by atoms with E-state index in [9.17, 15) is 4.79 Å². The van der Waals surface area contributed by atoms with E-state index in [1.54, 1.807) is 23.0 Å². The number of carbonyl (C=O) groups excluding carboxylic acids is 1. The number of morpholine rings is 1. The molecule has 0 spiro atoms. The number of aromatic amines is 1. The van der Waals surface area contributed by atoms with Gasteiger partial charge in [0.25, 0.3) is 5.24 Å². The number of H-pyrrole nitrogens is 1. The zero-order valence-corrected chi connectivity index (χ0v) is 22.8. The van der Waals surface area contributed by atoms with E-state index in [-0.39, 0.29) is 0 Å². The summed E-state index contributed by atoms with van der Waals surface area (Å²) < 4.78 is 7.13. The summed E-state index contributed by atoms with van der Waals surface area (Å²) >= 11 is 6.04. The summed E-state index contributed by atoms with van der Waals surface area (Å²) in [6.07, 6.45) is 6.97. The molecule has 1 aromatic carbocycles. The molecule has 10 heteroatoms. The van der Waals surface area contributed by atoms with Crippen LogP contribution < -0.4 is 10.2 Å². The number of pyridine rings is 2. The van der Waals surface area contributed by atoms with Crippen LogP contribution in [0.4, 0.5) is 17.2 Å². The Labute approximate surface area is 226 Å². The number of ether oxygens (including phenoxy) is 1. The number of imidazole rings is 1. The molecule has 0 radical (unpaired) electrons. The van der Waals surface area contributed by atoms with E-state index < -0.39 is 5.24 Å². The molecule has 0 unspecified atom stereocenters. The summed E-state index contributed by atoms with van der Waals surface area (Å²) in [5, 5.41) is 10.8. The van der Waals surface area contributed by atoms with Crippen molar-refractivity contribution in [1.82, 2.24) is 24.6 Å². The molecule has 2 N–H and O–H groups in total. The van der Waals surface area contributed by atoms with Crippen LogP contribution in [0.1, 0.15) is 38.2 Å². The number of fused-ring (bicyclic) bond motifs is 2. The van der Waals surface area contributed by atoms with Crippen LogP contribution in [0.5, 0.6) is 0 Å². The first-order valence-electron chi connectivity index (χ1n) is 12.9. The number of nitrogens with one attached hydrogen (secondary N) is 2. The number of halogens is 1. The zero-order valence-electron chi connectivity index (χ0n) is 22.0. The van der Waals surface area contributed by atoms with Crippen LogP contribution in [0.2, 0.25) is 0 Å². The van der Waals surface area contributed by atoms with Crippen molar-refractivity contribution in [2.24, 2.45) is 0 Å². The molecule has 4 aromatic heterocycles. The van der Waals surface area contributed by atoms with Gasteiger partial charge in [0.05, 0.1) is 42.5 Å². The number of hydrogen-bond acceptors (Lipinski definition) is 7. The quantitative estimate of drug-likeness (QED) is 0.256. The first-order valence-corrected chi connectivity index (χ1v) is 13.2. The first kappa shape index (κ1) is 27.1. The molecule has 5 aromatic rings. The third-order valence-corrected chi connectivity index (χ3v) is 6.17. The SMILES string of the molecule is CC.CC.O=C(Cl)c1c(-c2ccc3cn[nH]c3c2)cc(Nc2ccc(N3CCOCC3)cn2)c2nccn12. The molecule has 1 fully saturated rings. The van der Waals surface area contributed by atoms with Crippen molar-refractivity contribution >= 4 is 50.6 Å². The maximum atomic E-state index is 12.5. The molecule has 1 aliphatic rings. The van der Waals surface area contributed by atoms with E-state index in [0.29, 0.717) is 28.4 Å². The van der Waals surface area contributed by atoms with Gasteiger partial charge in [0, 0.05) is 36.4 Å². The fourth-order valence-electron chi connectivity index (χ4n) is 4.31. The molecule has 5 heterocycles. The average molecular weight is 534 g/mol. The van der Waals surface area contributed by atoms with Gasteiger partial charge >= 0.3 is 0 Å². The molecule has 1 saturated heterocycles. The zero-order chi connectivity index (χ0) is 27.1. The van der Waals surface area contributed by atoms with Gasteiger partial charge in [0.2, 0.25) is 0 Å². The van der Waals surface area contributed by atoms with Gasteiger partial charge in [-0.3, -0.25) is 14.3 Å². The minimum atomic E-state index is -0.567. The van der Waals surface area contributed by atoms with Crippen molar-refractivity contribution in [1.29, 1.82) is 0 Å². The van der Waals surface area contributed by atoms with Crippen LogP contribution in [-0.4, -0.2) is 56.1 Å². The molecule has 0 aliphatic carbocycles. The number of nitrogens with zero attached hydrogens (tertiary/aromatic N) is 5. The topological polar surface area (TPSA) is 100 Å². The minimum Gasteiger partial charge on any atom is -0.378 e. The third-order valence-electron chi connectivity index (χ3n) is 5.99. The molecule has 0 saturated carbocycles. The molecule has 6 rings (SSSR count). The second-order valence-electron chi connectivity index (χ2n) is 8.01. The van der Waals surface area contributed by atoms with Gasteiger partial charge in [-0.1, -0.05) is 39.8 Å². The van der Waals surface area contributed by atoms with E-state index in [4.69, 9.17) is 16.3 Å². The standard InChI is InChI=1S/C24H20ClN7O2.2C2H6/c25-23(33)22-18(15-1-2-16-13-28-30-19(16)11-15)12-20(24-26-5-6-32(22)24)29-21-4-3-17(14-27-21)31-7-9-34-10-8-31;2*1-2/h1-6,11-14H,7-10H2,(H,27,29)(H,28,30);2*1-2H3. The molecule has 198 valence electrons.